The van der Waals surface area contributed by atoms with Crippen LogP contribution >= 0.6 is 11.8 Å². The van der Waals surface area contributed by atoms with Gasteiger partial charge in [-0.3, -0.25) is 4.79 Å². The third-order valence-electron chi connectivity index (χ3n) is 3.19. The quantitative estimate of drug-likeness (QED) is 0.708. The molecule has 0 radical (unpaired) electrons. The second kappa shape index (κ2) is 6.68. The number of thioether (sulfide) groups is 1. The lowest BCUT2D eigenvalue weighted by Crippen LogP contribution is -2.14. The van der Waals surface area contributed by atoms with Gasteiger partial charge in [-0.1, -0.05) is 40.0 Å². The van der Waals surface area contributed by atoms with E-state index in [1.54, 1.807) is 0 Å². The number of rotatable bonds is 5. The molecule has 0 aromatic carbocycles. The lowest BCUT2D eigenvalue weighted by Gasteiger charge is -2.21. The molecule has 1 aliphatic carbocycles. The topological polar surface area (TPSA) is 17.1 Å². The normalized spacial score (nSPS) is 18.7. The summed E-state index contributed by atoms with van der Waals surface area (Å²) in [6.45, 7) is 6.61. The third-order valence-corrected chi connectivity index (χ3v) is 4.62. The lowest BCUT2D eigenvalue weighted by molar-refractivity contribution is -0.117. The number of Topliss-reactive ketones (excluding diaryl/α,β-unsaturated/α-hetero) is 1. The zero-order chi connectivity index (χ0) is 12.0. The van der Waals surface area contributed by atoms with Gasteiger partial charge in [0.15, 0.2) is 0 Å². The Labute approximate surface area is 105 Å². The summed E-state index contributed by atoms with van der Waals surface area (Å²) in [4.78, 5) is 11.7. The third kappa shape index (κ3) is 6.57. The van der Waals surface area contributed by atoms with Crippen molar-refractivity contribution >= 4 is 17.5 Å². The second-order valence-electron chi connectivity index (χ2n) is 6.17. The Morgan fingerprint density at radius 1 is 1.19 bits per heavy atom. The van der Waals surface area contributed by atoms with Gasteiger partial charge in [-0.15, -0.1) is 0 Å². The van der Waals surface area contributed by atoms with E-state index < -0.39 is 0 Å². The molecule has 16 heavy (non-hydrogen) atoms. The Hall–Kier alpha value is 0.0200. The van der Waals surface area contributed by atoms with Crippen LogP contribution in [0.2, 0.25) is 0 Å². The summed E-state index contributed by atoms with van der Waals surface area (Å²) < 4.78 is 0. The predicted molar refractivity (Wildman–Crippen MR) is 73.0 cm³/mol. The SMILES string of the molecule is CC(C)(C)CCC(=O)CSC1CCCCC1. The Morgan fingerprint density at radius 2 is 1.81 bits per heavy atom. The molecular weight excluding hydrogens is 216 g/mol. The number of carbonyl (C=O) groups excluding carboxylic acids is 1. The largest absolute Gasteiger partial charge is 0.299 e. The van der Waals surface area contributed by atoms with Gasteiger partial charge in [0.2, 0.25) is 0 Å². The molecular formula is C14H26OS. The molecule has 0 spiro atoms. The molecule has 94 valence electrons. The van der Waals surface area contributed by atoms with Gasteiger partial charge in [0.05, 0.1) is 5.75 Å². The number of hydrogen-bond donors (Lipinski definition) is 0. The van der Waals surface area contributed by atoms with Crippen molar-refractivity contribution in [1.29, 1.82) is 0 Å². The van der Waals surface area contributed by atoms with E-state index in [0.29, 0.717) is 11.2 Å². The predicted octanol–water partition coefficient (Wildman–Crippen LogP) is 4.45. The maximum Gasteiger partial charge on any atom is 0.142 e. The average Bonchev–Trinajstić information content (AvgIpc) is 2.24. The molecule has 1 saturated carbocycles. The first-order chi connectivity index (χ1) is 7.47. The first-order valence-corrected chi connectivity index (χ1v) is 7.65. The van der Waals surface area contributed by atoms with Gasteiger partial charge in [-0.25, -0.2) is 0 Å². The number of carbonyl (C=O) groups is 1. The van der Waals surface area contributed by atoms with Crippen LogP contribution in [0.1, 0.15) is 65.7 Å². The molecule has 0 N–H and O–H groups in total. The van der Waals surface area contributed by atoms with E-state index in [9.17, 15) is 4.79 Å². The van der Waals surface area contributed by atoms with Crippen LogP contribution in [-0.2, 0) is 4.79 Å². The van der Waals surface area contributed by atoms with Crippen LogP contribution in [0, 0.1) is 5.41 Å². The summed E-state index contributed by atoms with van der Waals surface area (Å²) in [5, 5.41) is 0.771. The summed E-state index contributed by atoms with van der Waals surface area (Å²) in [5.41, 5.74) is 0.297. The summed E-state index contributed by atoms with van der Waals surface area (Å²) >= 11 is 1.91. The number of hydrogen-bond acceptors (Lipinski definition) is 2. The first-order valence-electron chi connectivity index (χ1n) is 6.61. The van der Waals surface area contributed by atoms with Crippen LogP contribution in [0.5, 0.6) is 0 Å². The van der Waals surface area contributed by atoms with Crippen molar-refractivity contribution in [2.24, 2.45) is 5.41 Å². The molecule has 0 aromatic rings. The van der Waals surface area contributed by atoms with Crippen molar-refractivity contribution in [3.8, 4) is 0 Å². The molecule has 0 amide bonds. The van der Waals surface area contributed by atoms with Gasteiger partial charge in [0, 0.05) is 11.7 Å². The van der Waals surface area contributed by atoms with Crippen molar-refractivity contribution in [3.63, 3.8) is 0 Å². The molecule has 1 rings (SSSR count). The summed E-state index contributed by atoms with van der Waals surface area (Å²) in [6, 6.07) is 0. The van der Waals surface area contributed by atoms with Gasteiger partial charge in [0.25, 0.3) is 0 Å². The Morgan fingerprint density at radius 3 is 2.38 bits per heavy atom. The lowest BCUT2D eigenvalue weighted by atomic mass is 9.90. The molecule has 0 saturated heterocycles. The minimum absolute atomic E-state index is 0.297. The fourth-order valence-electron chi connectivity index (χ4n) is 2.03. The van der Waals surface area contributed by atoms with E-state index in [1.165, 1.54) is 32.1 Å². The van der Waals surface area contributed by atoms with Crippen LogP contribution in [0.25, 0.3) is 0 Å². The molecule has 0 atom stereocenters. The highest BCUT2D eigenvalue weighted by atomic mass is 32.2. The highest BCUT2D eigenvalue weighted by Gasteiger charge is 2.17. The standard InChI is InChI=1S/C14H26OS/c1-14(2,3)10-9-12(15)11-16-13-7-5-4-6-8-13/h13H,4-11H2,1-3H3. The molecule has 0 aliphatic heterocycles. The van der Waals surface area contributed by atoms with Gasteiger partial charge in [-0.05, 0) is 24.7 Å². The smallest absolute Gasteiger partial charge is 0.142 e. The van der Waals surface area contributed by atoms with Gasteiger partial charge in [-0.2, -0.15) is 11.8 Å². The van der Waals surface area contributed by atoms with E-state index in [2.05, 4.69) is 20.8 Å². The van der Waals surface area contributed by atoms with E-state index in [-0.39, 0.29) is 0 Å². The Bertz CT molecular complexity index is 211. The van der Waals surface area contributed by atoms with Crippen molar-refractivity contribution in [2.45, 2.75) is 71.0 Å². The van der Waals surface area contributed by atoms with Crippen molar-refractivity contribution in [1.82, 2.24) is 0 Å². The molecule has 0 unspecified atom stereocenters. The minimum atomic E-state index is 0.297. The van der Waals surface area contributed by atoms with Crippen LogP contribution in [0.4, 0.5) is 0 Å². The van der Waals surface area contributed by atoms with Crippen LogP contribution in [0.3, 0.4) is 0 Å². The van der Waals surface area contributed by atoms with E-state index in [4.69, 9.17) is 0 Å². The molecule has 2 heteroatoms. The van der Waals surface area contributed by atoms with Crippen LogP contribution in [-0.4, -0.2) is 16.8 Å². The van der Waals surface area contributed by atoms with Gasteiger partial charge >= 0.3 is 0 Å². The molecule has 0 aromatic heterocycles. The van der Waals surface area contributed by atoms with Gasteiger partial charge < -0.3 is 0 Å². The monoisotopic (exact) mass is 242 g/mol. The Kier molecular flexibility index (Phi) is 5.88. The van der Waals surface area contributed by atoms with Gasteiger partial charge in [0.1, 0.15) is 5.78 Å². The van der Waals surface area contributed by atoms with E-state index in [1.807, 2.05) is 11.8 Å². The molecule has 0 bridgehead atoms. The summed E-state index contributed by atoms with van der Waals surface area (Å²) in [6.07, 6.45) is 8.59. The molecule has 0 heterocycles. The highest BCUT2D eigenvalue weighted by molar-refractivity contribution is 8.00. The highest BCUT2D eigenvalue weighted by Crippen LogP contribution is 2.29. The molecule has 1 nitrogen and oxygen atoms in total. The van der Waals surface area contributed by atoms with E-state index >= 15 is 0 Å². The van der Waals surface area contributed by atoms with Crippen molar-refractivity contribution < 1.29 is 4.79 Å². The maximum absolute atomic E-state index is 11.7. The van der Waals surface area contributed by atoms with E-state index in [0.717, 1.165) is 23.8 Å². The van der Waals surface area contributed by atoms with Crippen molar-refractivity contribution in [3.05, 3.63) is 0 Å². The summed E-state index contributed by atoms with van der Waals surface area (Å²) in [7, 11) is 0. The molecule has 1 aliphatic rings. The average molecular weight is 242 g/mol. The summed E-state index contributed by atoms with van der Waals surface area (Å²) in [5.74, 6) is 1.20. The zero-order valence-electron chi connectivity index (χ0n) is 11.1. The van der Waals surface area contributed by atoms with Crippen molar-refractivity contribution in [2.75, 3.05) is 5.75 Å². The fraction of sp³-hybridized carbons (Fsp3) is 0.929. The fourth-order valence-corrected chi connectivity index (χ4v) is 3.26. The number of ketones is 1. The zero-order valence-corrected chi connectivity index (χ0v) is 11.9. The Balaban J connectivity index is 2.09. The van der Waals surface area contributed by atoms with Crippen LogP contribution < -0.4 is 0 Å². The maximum atomic E-state index is 11.7. The molecule has 1 fully saturated rings. The van der Waals surface area contributed by atoms with Crippen LogP contribution in [0.15, 0.2) is 0 Å². The second-order valence-corrected chi connectivity index (χ2v) is 7.46. The minimum Gasteiger partial charge on any atom is -0.299 e. The first kappa shape index (κ1) is 14.1.